The molecule has 0 saturated heterocycles. The first-order valence-electron chi connectivity index (χ1n) is 8.99. The van der Waals surface area contributed by atoms with E-state index in [4.69, 9.17) is 10.8 Å². The summed E-state index contributed by atoms with van der Waals surface area (Å²) in [7, 11) is 0. The van der Waals surface area contributed by atoms with Crippen molar-refractivity contribution in [2.45, 2.75) is 51.5 Å². The summed E-state index contributed by atoms with van der Waals surface area (Å²) in [5.41, 5.74) is 7.06. The first kappa shape index (κ1) is 19.8. The lowest BCUT2D eigenvalue weighted by molar-refractivity contribution is 0.0698. The standard InChI is InChI=1S/C14H13FN2O2.C6H13N/c1-2-9-3-4-12(11(15)7-9)17-13-8-16-6-5-10(13)14(18)19;7-6-4-2-1-3-5-6/h3-8,17H,2H2,1H3,(H,18,19);6H,1-5,7H2. The molecule has 140 valence electrons. The largest absolute Gasteiger partial charge is 0.478 e. The maximum Gasteiger partial charge on any atom is 0.337 e. The maximum atomic E-state index is 13.8. The minimum Gasteiger partial charge on any atom is -0.478 e. The molecule has 0 unspecified atom stereocenters. The van der Waals surface area contributed by atoms with Crippen LogP contribution in [0.15, 0.2) is 36.7 Å². The summed E-state index contributed by atoms with van der Waals surface area (Å²) in [4.78, 5) is 14.9. The molecule has 1 aromatic heterocycles. The van der Waals surface area contributed by atoms with Gasteiger partial charge in [-0.05, 0) is 43.0 Å². The summed E-state index contributed by atoms with van der Waals surface area (Å²) in [6, 6.07) is 6.71. The molecule has 1 heterocycles. The average Bonchev–Trinajstić information content (AvgIpc) is 2.65. The monoisotopic (exact) mass is 359 g/mol. The Hall–Kier alpha value is -2.47. The number of hydrogen-bond acceptors (Lipinski definition) is 4. The van der Waals surface area contributed by atoms with E-state index in [2.05, 4.69) is 10.3 Å². The van der Waals surface area contributed by atoms with Gasteiger partial charge in [0.2, 0.25) is 0 Å². The van der Waals surface area contributed by atoms with Crippen LogP contribution in [0.25, 0.3) is 0 Å². The number of carbonyl (C=O) groups is 1. The van der Waals surface area contributed by atoms with Gasteiger partial charge in [0.05, 0.1) is 23.1 Å². The number of pyridine rings is 1. The molecule has 0 aliphatic heterocycles. The van der Waals surface area contributed by atoms with E-state index >= 15 is 0 Å². The summed E-state index contributed by atoms with van der Waals surface area (Å²) in [6.07, 6.45) is 10.1. The highest BCUT2D eigenvalue weighted by molar-refractivity contribution is 5.94. The van der Waals surface area contributed by atoms with Crippen LogP contribution in [0.4, 0.5) is 15.8 Å². The van der Waals surface area contributed by atoms with Gasteiger partial charge in [0.1, 0.15) is 5.82 Å². The smallest absolute Gasteiger partial charge is 0.337 e. The van der Waals surface area contributed by atoms with Crippen molar-refractivity contribution in [1.82, 2.24) is 4.98 Å². The van der Waals surface area contributed by atoms with Gasteiger partial charge in [0, 0.05) is 12.2 Å². The molecule has 3 rings (SSSR count). The molecular weight excluding hydrogens is 333 g/mol. The number of aryl methyl sites for hydroxylation is 1. The Morgan fingerprint density at radius 2 is 2.00 bits per heavy atom. The van der Waals surface area contributed by atoms with Crippen molar-refractivity contribution in [1.29, 1.82) is 0 Å². The SMILES string of the molecule is CCc1ccc(Nc2cnccc2C(=O)O)c(F)c1.NC1CCCCC1. The van der Waals surface area contributed by atoms with E-state index in [1.807, 2.05) is 6.92 Å². The lowest BCUT2D eigenvalue weighted by atomic mass is 9.97. The summed E-state index contributed by atoms with van der Waals surface area (Å²) in [6.45, 7) is 1.94. The van der Waals surface area contributed by atoms with Gasteiger partial charge in [-0.1, -0.05) is 32.3 Å². The fraction of sp³-hybridized carbons (Fsp3) is 0.400. The third-order valence-corrected chi connectivity index (χ3v) is 4.41. The Morgan fingerprint density at radius 1 is 1.27 bits per heavy atom. The summed E-state index contributed by atoms with van der Waals surface area (Å²) >= 11 is 0. The molecule has 1 aliphatic carbocycles. The van der Waals surface area contributed by atoms with E-state index in [0.717, 1.165) is 12.0 Å². The van der Waals surface area contributed by atoms with Crippen LogP contribution in [-0.2, 0) is 6.42 Å². The van der Waals surface area contributed by atoms with Crippen molar-refractivity contribution in [3.8, 4) is 0 Å². The molecule has 1 fully saturated rings. The maximum absolute atomic E-state index is 13.8. The number of anilines is 2. The van der Waals surface area contributed by atoms with Gasteiger partial charge in [-0.15, -0.1) is 0 Å². The highest BCUT2D eigenvalue weighted by Gasteiger charge is 2.11. The van der Waals surface area contributed by atoms with Crippen LogP contribution in [-0.4, -0.2) is 22.1 Å². The van der Waals surface area contributed by atoms with E-state index < -0.39 is 11.8 Å². The van der Waals surface area contributed by atoms with Gasteiger partial charge < -0.3 is 16.2 Å². The lowest BCUT2D eigenvalue weighted by Gasteiger charge is -2.15. The average molecular weight is 359 g/mol. The second-order valence-electron chi connectivity index (χ2n) is 6.42. The number of carboxylic acid groups (broad SMARTS) is 1. The van der Waals surface area contributed by atoms with Crippen molar-refractivity contribution < 1.29 is 14.3 Å². The Bertz CT molecular complexity index is 731. The van der Waals surface area contributed by atoms with Crippen molar-refractivity contribution in [2.75, 3.05) is 5.32 Å². The number of rotatable bonds is 4. The quantitative estimate of drug-likeness (QED) is 0.748. The number of carboxylic acids is 1. The van der Waals surface area contributed by atoms with Gasteiger partial charge in [0.25, 0.3) is 0 Å². The Balaban J connectivity index is 0.000000290. The molecule has 5 nitrogen and oxygen atoms in total. The van der Waals surface area contributed by atoms with E-state index in [0.29, 0.717) is 6.04 Å². The molecule has 6 heteroatoms. The van der Waals surface area contributed by atoms with Gasteiger partial charge >= 0.3 is 5.97 Å². The number of nitrogens with zero attached hydrogens (tertiary/aromatic N) is 1. The molecule has 0 spiro atoms. The molecule has 0 amide bonds. The number of aromatic nitrogens is 1. The molecular formula is C20H26FN3O2. The molecule has 26 heavy (non-hydrogen) atoms. The fourth-order valence-electron chi connectivity index (χ4n) is 2.84. The molecule has 0 atom stereocenters. The summed E-state index contributed by atoms with van der Waals surface area (Å²) < 4.78 is 13.8. The number of nitrogens with one attached hydrogen (secondary N) is 1. The molecule has 1 aromatic carbocycles. The van der Waals surface area contributed by atoms with Crippen LogP contribution >= 0.6 is 0 Å². The van der Waals surface area contributed by atoms with Gasteiger partial charge in [-0.3, -0.25) is 4.98 Å². The third kappa shape index (κ3) is 5.81. The van der Waals surface area contributed by atoms with Gasteiger partial charge in [-0.2, -0.15) is 0 Å². The van der Waals surface area contributed by atoms with Crippen molar-refractivity contribution in [2.24, 2.45) is 5.73 Å². The zero-order valence-electron chi connectivity index (χ0n) is 15.0. The van der Waals surface area contributed by atoms with E-state index in [9.17, 15) is 9.18 Å². The fourth-order valence-corrected chi connectivity index (χ4v) is 2.84. The molecule has 2 aromatic rings. The van der Waals surface area contributed by atoms with E-state index in [1.165, 1.54) is 56.6 Å². The number of benzene rings is 1. The topological polar surface area (TPSA) is 88.2 Å². The second kappa shape index (κ2) is 9.87. The van der Waals surface area contributed by atoms with Crippen LogP contribution in [0, 0.1) is 5.82 Å². The highest BCUT2D eigenvalue weighted by atomic mass is 19.1. The van der Waals surface area contributed by atoms with E-state index in [-0.39, 0.29) is 16.9 Å². The summed E-state index contributed by atoms with van der Waals surface area (Å²) in [5.74, 6) is -1.50. The van der Waals surface area contributed by atoms with Crippen LogP contribution < -0.4 is 11.1 Å². The predicted octanol–water partition coefficient (Wildman–Crippen LogP) is 4.50. The Morgan fingerprint density at radius 3 is 2.54 bits per heavy atom. The normalized spacial score (nSPS) is 14.3. The zero-order chi connectivity index (χ0) is 18.9. The molecule has 0 radical (unpaired) electrons. The second-order valence-corrected chi connectivity index (χ2v) is 6.42. The highest BCUT2D eigenvalue weighted by Crippen LogP contribution is 2.23. The predicted molar refractivity (Wildman–Crippen MR) is 101 cm³/mol. The van der Waals surface area contributed by atoms with Crippen LogP contribution in [0.1, 0.15) is 54.9 Å². The van der Waals surface area contributed by atoms with Gasteiger partial charge in [0.15, 0.2) is 0 Å². The minimum atomic E-state index is -1.09. The number of aromatic carboxylic acids is 1. The van der Waals surface area contributed by atoms with Crippen LogP contribution in [0.2, 0.25) is 0 Å². The number of halogens is 1. The van der Waals surface area contributed by atoms with Crippen molar-refractivity contribution in [3.05, 3.63) is 53.6 Å². The Kier molecular flexibility index (Phi) is 7.53. The summed E-state index contributed by atoms with van der Waals surface area (Å²) in [5, 5.41) is 11.8. The number of hydrogen-bond donors (Lipinski definition) is 3. The van der Waals surface area contributed by atoms with E-state index in [1.54, 1.807) is 12.1 Å². The Labute approximate surface area is 153 Å². The molecule has 1 saturated carbocycles. The van der Waals surface area contributed by atoms with Crippen molar-refractivity contribution >= 4 is 17.3 Å². The van der Waals surface area contributed by atoms with Crippen molar-refractivity contribution in [3.63, 3.8) is 0 Å². The molecule has 0 bridgehead atoms. The van der Waals surface area contributed by atoms with Crippen LogP contribution in [0.3, 0.4) is 0 Å². The third-order valence-electron chi connectivity index (χ3n) is 4.41. The lowest BCUT2D eigenvalue weighted by Crippen LogP contribution is -2.22. The first-order valence-corrected chi connectivity index (χ1v) is 8.99. The molecule has 1 aliphatic rings. The number of nitrogens with two attached hydrogens (primary N) is 1. The first-order chi connectivity index (χ1) is 12.5. The molecule has 4 N–H and O–H groups in total. The van der Waals surface area contributed by atoms with Crippen LogP contribution in [0.5, 0.6) is 0 Å². The van der Waals surface area contributed by atoms with Gasteiger partial charge in [-0.25, -0.2) is 9.18 Å². The minimum absolute atomic E-state index is 0.0500. The zero-order valence-corrected chi connectivity index (χ0v) is 15.0.